The zero-order valence-corrected chi connectivity index (χ0v) is 14.9. The Morgan fingerprint density at radius 3 is 1.86 bits per heavy atom. The van der Waals surface area contributed by atoms with Gasteiger partial charge in [-0.2, -0.15) is 0 Å². The topological polar surface area (TPSA) is 17.1 Å². The first kappa shape index (κ1) is 20.1. The molecule has 0 saturated carbocycles. The van der Waals surface area contributed by atoms with Crippen molar-refractivity contribution in [2.24, 2.45) is 0 Å². The lowest BCUT2D eigenvalue weighted by Gasteiger charge is -2.02. The van der Waals surface area contributed by atoms with E-state index in [9.17, 15) is 4.79 Å². The van der Waals surface area contributed by atoms with Gasteiger partial charge in [0.05, 0.1) is 0 Å². The third-order valence-corrected chi connectivity index (χ3v) is 3.40. The molecule has 0 aliphatic heterocycles. The molecule has 0 unspecified atom stereocenters. The van der Waals surface area contributed by atoms with Gasteiger partial charge in [-0.05, 0) is 43.0 Å². The molecule has 2 aromatic rings. The van der Waals surface area contributed by atoms with Gasteiger partial charge >= 0.3 is 0 Å². The summed E-state index contributed by atoms with van der Waals surface area (Å²) in [5.41, 5.74) is 4.67. The standard InChI is InChI=1S/C11H14O.C8H10.C2H6/c1-4-11(12)10-6-5-8(2)9(3)7-10;1-2-8-6-4-3-5-7-8;1-2/h5-7H,4H2,1-3H3;3-7H,2H2,1H3;1-2H3. The minimum atomic E-state index is 0.220. The van der Waals surface area contributed by atoms with Crippen LogP contribution < -0.4 is 0 Å². The molecule has 0 fully saturated rings. The molecule has 0 N–H and O–H groups in total. The van der Waals surface area contributed by atoms with E-state index in [0.29, 0.717) is 6.42 Å². The SMILES string of the molecule is CC.CCC(=O)c1ccc(C)c(C)c1.CCc1ccccc1. The molecule has 0 amide bonds. The first-order valence-electron chi connectivity index (χ1n) is 8.22. The highest BCUT2D eigenvalue weighted by Gasteiger charge is 2.02. The molecule has 1 heteroatoms. The molecule has 120 valence electrons. The van der Waals surface area contributed by atoms with Crippen molar-refractivity contribution in [1.82, 2.24) is 0 Å². The van der Waals surface area contributed by atoms with Crippen molar-refractivity contribution in [3.63, 3.8) is 0 Å². The van der Waals surface area contributed by atoms with Gasteiger partial charge in [0.15, 0.2) is 5.78 Å². The number of carbonyl (C=O) groups excluding carboxylic acids is 1. The predicted molar refractivity (Wildman–Crippen MR) is 97.7 cm³/mol. The predicted octanol–water partition coefficient (Wildman–Crippen LogP) is 6.17. The maximum atomic E-state index is 11.3. The summed E-state index contributed by atoms with van der Waals surface area (Å²) in [6.07, 6.45) is 1.73. The molecule has 0 aromatic heterocycles. The van der Waals surface area contributed by atoms with E-state index in [2.05, 4.69) is 38.1 Å². The molecule has 2 rings (SSSR count). The van der Waals surface area contributed by atoms with Gasteiger partial charge < -0.3 is 0 Å². The van der Waals surface area contributed by atoms with E-state index in [0.717, 1.165) is 12.0 Å². The van der Waals surface area contributed by atoms with E-state index in [4.69, 9.17) is 0 Å². The molecule has 22 heavy (non-hydrogen) atoms. The van der Waals surface area contributed by atoms with Gasteiger partial charge in [-0.25, -0.2) is 0 Å². The smallest absolute Gasteiger partial charge is 0.162 e. The molecule has 0 heterocycles. The van der Waals surface area contributed by atoms with Crippen LogP contribution in [0.4, 0.5) is 0 Å². The van der Waals surface area contributed by atoms with Gasteiger partial charge in [0, 0.05) is 12.0 Å². The fourth-order valence-electron chi connectivity index (χ4n) is 1.83. The lowest BCUT2D eigenvalue weighted by molar-refractivity contribution is 0.0988. The first-order valence-corrected chi connectivity index (χ1v) is 8.22. The highest BCUT2D eigenvalue weighted by molar-refractivity contribution is 5.96. The number of aryl methyl sites for hydroxylation is 3. The number of carbonyl (C=O) groups is 1. The highest BCUT2D eigenvalue weighted by Crippen LogP contribution is 2.11. The van der Waals surface area contributed by atoms with Crippen molar-refractivity contribution < 1.29 is 4.79 Å². The molecule has 1 nitrogen and oxygen atoms in total. The normalized spacial score (nSPS) is 9.00. The quantitative estimate of drug-likeness (QED) is 0.619. The lowest BCUT2D eigenvalue weighted by Crippen LogP contribution is -1.97. The summed E-state index contributed by atoms with van der Waals surface area (Å²) >= 11 is 0. The Bertz CT molecular complexity index is 541. The van der Waals surface area contributed by atoms with Crippen molar-refractivity contribution in [2.45, 2.75) is 54.4 Å². The Balaban J connectivity index is 0.000000382. The molecular formula is C21H30O. The number of benzene rings is 2. The summed E-state index contributed by atoms with van der Waals surface area (Å²) in [5, 5.41) is 0. The van der Waals surface area contributed by atoms with Crippen molar-refractivity contribution in [2.75, 3.05) is 0 Å². The second-order valence-electron chi connectivity index (χ2n) is 4.91. The van der Waals surface area contributed by atoms with Crippen LogP contribution in [0.5, 0.6) is 0 Å². The fourth-order valence-corrected chi connectivity index (χ4v) is 1.83. The van der Waals surface area contributed by atoms with E-state index < -0.39 is 0 Å². The third-order valence-electron chi connectivity index (χ3n) is 3.40. The molecule has 0 spiro atoms. The minimum absolute atomic E-state index is 0.220. The Kier molecular flexibility index (Phi) is 10.7. The maximum absolute atomic E-state index is 11.3. The zero-order valence-electron chi connectivity index (χ0n) is 14.9. The molecule has 0 saturated heterocycles. The molecular weight excluding hydrogens is 268 g/mol. The van der Waals surface area contributed by atoms with Crippen LogP contribution in [0.2, 0.25) is 0 Å². The van der Waals surface area contributed by atoms with Gasteiger partial charge in [0.25, 0.3) is 0 Å². The van der Waals surface area contributed by atoms with Crippen LogP contribution in [-0.2, 0) is 6.42 Å². The number of Topliss-reactive ketones (excluding diaryl/α,β-unsaturated/α-hetero) is 1. The Hall–Kier alpha value is -1.89. The second-order valence-corrected chi connectivity index (χ2v) is 4.91. The number of rotatable bonds is 3. The molecule has 0 radical (unpaired) electrons. The number of ketones is 1. The summed E-state index contributed by atoms with van der Waals surface area (Å²) in [6.45, 7) is 12.1. The summed E-state index contributed by atoms with van der Waals surface area (Å²) in [6, 6.07) is 16.3. The monoisotopic (exact) mass is 298 g/mol. The average molecular weight is 298 g/mol. The first-order chi connectivity index (χ1) is 10.6. The van der Waals surface area contributed by atoms with Crippen LogP contribution in [0.25, 0.3) is 0 Å². The van der Waals surface area contributed by atoms with Crippen LogP contribution in [0.3, 0.4) is 0 Å². The van der Waals surface area contributed by atoms with E-state index in [1.165, 1.54) is 16.7 Å². The van der Waals surface area contributed by atoms with E-state index in [1.807, 2.05) is 52.0 Å². The van der Waals surface area contributed by atoms with Crippen molar-refractivity contribution in [3.8, 4) is 0 Å². The van der Waals surface area contributed by atoms with Gasteiger partial charge in [-0.15, -0.1) is 0 Å². The Morgan fingerprint density at radius 2 is 1.45 bits per heavy atom. The van der Waals surface area contributed by atoms with Gasteiger partial charge in [-0.3, -0.25) is 4.79 Å². The second kappa shape index (κ2) is 11.7. The van der Waals surface area contributed by atoms with E-state index >= 15 is 0 Å². The molecule has 0 aliphatic carbocycles. The van der Waals surface area contributed by atoms with Crippen LogP contribution in [-0.4, -0.2) is 5.78 Å². The minimum Gasteiger partial charge on any atom is -0.294 e. The lowest BCUT2D eigenvalue weighted by atomic mass is 10.0. The highest BCUT2D eigenvalue weighted by atomic mass is 16.1. The Morgan fingerprint density at radius 1 is 0.864 bits per heavy atom. The third kappa shape index (κ3) is 7.21. The zero-order chi connectivity index (χ0) is 17.0. The summed E-state index contributed by atoms with van der Waals surface area (Å²) in [4.78, 5) is 11.3. The van der Waals surface area contributed by atoms with Crippen molar-refractivity contribution in [3.05, 3.63) is 70.8 Å². The van der Waals surface area contributed by atoms with E-state index in [1.54, 1.807) is 0 Å². The van der Waals surface area contributed by atoms with Crippen LogP contribution in [0.15, 0.2) is 48.5 Å². The number of hydrogen-bond acceptors (Lipinski definition) is 1. The van der Waals surface area contributed by atoms with Gasteiger partial charge in [-0.1, -0.05) is 70.2 Å². The summed E-state index contributed by atoms with van der Waals surface area (Å²) in [7, 11) is 0. The maximum Gasteiger partial charge on any atom is 0.162 e. The van der Waals surface area contributed by atoms with Crippen LogP contribution >= 0.6 is 0 Å². The molecule has 2 aromatic carbocycles. The fraction of sp³-hybridized carbons (Fsp3) is 0.381. The van der Waals surface area contributed by atoms with Crippen molar-refractivity contribution in [1.29, 1.82) is 0 Å². The summed E-state index contributed by atoms with van der Waals surface area (Å²) < 4.78 is 0. The Labute approximate surface area is 136 Å². The average Bonchev–Trinajstić information content (AvgIpc) is 2.59. The number of hydrogen-bond donors (Lipinski definition) is 0. The largest absolute Gasteiger partial charge is 0.294 e. The van der Waals surface area contributed by atoms with Crippen LogP contribution in [0.1, 0.15) is 61.2 Å². The van der Waals surface area contributed by atoms with Crippen LogP contribution in [0, 0.1) is 13.8 Å². The van der Waals surface area contributed by atoms with Crippen molar-refractivity contribution >= 4 is 5.78 Å². The molecule has 0 aliphatic rings. The van der Waals surface area contributed by atoms with Gasteiger partial charge in [0.1, 0.15) is 0 Å². The van der Waals surface area contributed by atoms with Gasteiger partial charge in [0.2, 0.25) is 0 Å². The molecule has 0 bridgehead atoms. The van der Waals surface area contributed by atoms with E-state index in [-0.39, 0.29) is 5.78 Å². The molecule has 0 atom stereocenters. The summed E-state index contributed by atoms with van der Waals surface area (Å²) in [5.74, 6) is 0.220.